The van der Waals surface area contributed by atoms with Crippen LogP contribution in [0.4, 0.5) is 17.3 Å². The summed E-state index contributed by atoms with van der Waals surface area (Å²) in [4.78, 5) is 14.3. The molecule has 0 aromatic carbocycles. The van der Waals surface area contributed by atoms with Crippen molar-refractivity contribution in [3.05, 3.63) is 22.2 Å². The molecule has 2 heterocycles. The summed E-state index contributed by atoms with van der Waals surface area (Å²) in [5, 5.41) is 24.0. The number of anilines is 2. The third kappa shape index (κ3) is 2.95. The topological polar surface area (TPSA) is 136 Å². The number of nitrogen functional groups attached to an aromatic ring is 1. The number of hydrogen-bond donors (Lipinski definition) is 4. The minimum absolute atomic E-state index is 0.141. The van der Waals surface area contributed by atoms with Crippen LogP contribution in [0, 0.1) is 10.1 Å². The Morgan fingerprint density at radius 2 is 2.35 bits per heavy atom. The van der Waals surface area contributed by atoms with Crippen LogP contribution in [-0.2, 0) is 4.74 Å². The van der Waals surface area contributed by atoms with Crippen LogP contribution in [0.3, 0.4) is 0 Å². The van der Waals surface area contributed by atoms with Gasteiger partial charge in [0.05, 0.1) is 23.2 Å². The molecule has 110 valence electrons. The molecule has 2 unspecified atom stereocenters. The normalized spacial score (nSPS) is 25.4. The molecule has 0 saturated carbocycles. The molecule has 1 saturated heterocycles. The molecule has 5 N–H and O–H groups in total. The minimum atomic E-state index is -1.01. The zero-order valence-corrected chi connectivity index (χ0v) is 11.0. The summed E-state index contributed by atoms with van der Waals surface area (Å²) in [6, 6.07) is 2.51. The molecule has 0 bridgehead atoms. The van der Waals surface area contributed by atoms with E-state index < -0.39 is 10.5 Å². The van der Waals surface area contributed by atoms with Crippen molar-refractivity contribution < 1.29 is 14.8 Å². The van der Waals surface area contributed by atoms with Gasteiger partial charge in [-0.1, -0.05) is 0 Å². The van der Waals surface area contributed by atoms with Crippen molar-refractivity contribution in [2.75, 3.05) is 23.9 Å². The van der Waals surface area contributed by atoms with Crippen molar-refractivity contribution in [3.63, 3.8) is 0 Å². The van der Waals surface area contributed by atoms with Crippen LogP contribution in [0.1, 0.15) is 13.3 Å². The zero-order valence-electron chi connectivity index (χ0n) is 11.0. The summed E-state index contributed by atoms with van der Waals surface area (Å²) in [5.41, 5.74) is 1.11. The lowest BCUT2D eigenvalue weighted by Gasteiger charge is -2.26. The molecule has 9 nitrogen and oxygen atoms in total. The van der Waals surface area contributed by atoms with Gasteiger partial charge in [-0.05, 0) is 6.92 Å². The van der Waals surface area contributed by atoms with Crippen LogP contribution in [0.5, 0.6) is 0 Å². The number of pyridine rings is 1. The van der Waals surface area contributed by atoms with E-state index >= 15 is 0 Å². The summed E-state index contributed by atoms with van der Waals surface area (Å²) in [7, 11) is 0. The van der Waals surface area contributed by atoms with Crippen molar-refractivity contribution in [3.8, 4) is 0 Å². The number of nitrogens with zero attached hydrogens (tertiary/aromatic N) is 2. The van der Waals surface area contributed by atoms with Crippen LogP contribution < -0.4 is 16.6 Å². The number of hydrazine groups is 1. The van der Waals surface area contributed by atoms with Gasteiger partial charge in [0.15, 0.2) is 0 Å². The van der Waals surface area contributed by atoms with Gasteiger partial charge < -0.3 is 20.6 Å². The zero-order chi connectivity index (χ0) is 14.8. The third-order valence-electron chi connectivity index (χ3n) is 3.40. The van der Waals surface area contributed by atoms with Gasteiger partial charge >= 0.3 is 0 Å². The fourth-order valence-electron chi connectivity index (χ4n) is 2.03. The number of hydrogen-bond acceptors (Lipinski definition) is 8. The molecule has 2 atom stereocenters. The van der Waals surface area contributed by atoms with Gasteiger partial charge in [-0.2, -0.15) is 0 Å². The van der Waals surface area contributed by atoms with E-state index in [9.17, 15) is 15.2 Å². The first-order chi connectivity index (χ1) is 9.44. The maximum absolute atomic E-state index is 10.8. The Morgan fingerprint density at radius 3 is 2.90 bits per heavy atom. The predicted molar refractivity (Wildman–Crippen MR) is 72.2 cm³/mol. The first-order valence-corrected chi connectivity index (χ1v) is 6.15. The van der Waals surface area contributed by atoms with Crippen molar-refractivity contribution in [2.45, 2.75) is 25.0 Å². The molecule has 1 aromatic rings. The van der Waals surface area contributed by atoms with E-state index in [2.05, 4.69) is 15.7 Å². The highest BCUT2D eigenvalue weighted by Crippen LogP contribution is 2.27. The monoisotopic (exact) mass is 283 g/mol. The van der Waals surface area contributed by atoms with Gasteiger partial charge in [0, 0.05) is 19.6 Å². The van der Waals surface area contributed by atoms with Crippen LogP contribution in [0.2, 0.25) is 0 Å². The van der Waals surface area contributed by atoms with Gasteiger partial charge in [0.2, 0.25) is 0 Å². The quantitative estimate of drug-likeness (QED) is 0.342. The number of nitro groups is 1. The number of aromatic nitrogens is 1. The average molecular weight is 283 g/mol. The second-order valence-electron chi connectivity index (χ2n) is 4.72. The number of nitrogens with one attached hydrogen (secondary N) is 2. The fraction of sp³-hybridized carbons (Fsp3) is 0.545. The molecule has 0 radical (unpaired) electrons. The maximum atomic E-state index is 10.8. The average Bonchev–Trinajstić information content (AvgIpc) is 2.76. The molecule has 1 aliphatic heterocycles. The van der Waals surface area contributed by atoms with E-state index in [0.29, 0.717) is 13.0 Å². The van der Waals surface area contributed by atoms with Gasteiger partial charge in [-0.3, -0.25) is 10.1 Å². The number of nitrogens with two attached hydrogens (primary N) is 1. The molecule has 0 spiro atoms. The molecule has 20 heavy (non-hydrogen) atoms. The van der Waals surface area contributed by atoms with Crippen LogP contribution in [-0.4, -0.2) is 39.9 Å². The second kappa shape index (κ2) is 5.57. The van der Waals surface area contributed by atoms with E-state index in [4.69, 9.17) is 10.6 Å². The van der Waals surface area contributed by atoms with E-state index in [0.717, 1.165) is 0 Å². The maximum Gasteiger partial charge on any atom is 0.276 e. The lowest BCUT2D eigenvalue weighted by atomic mass is 9.97. The second-order valence-corrected chi connectivity index (χ2v) is 4.72. The van der Waals surface area contributed by atoms with E-state index in [1.807, 2.05) is 0 Å². The number of ether oxygens (including phenoxy) is 1. The van der Waals surface area contributed by atoms with Crippen LogP contribution in [0.15, 0.2) is 12.1 Å². The summed E-state index contributed by atoms with van der Waals surface area (Å²) in [5.74, 6) is 5.66. The molecule has 1 aromatic heterocycles. The molecule has 1 aliphatic rings. The first-order valence-electron chi connectivity index (χ1n) is 6.15. The van der Waals surface area contributed by atoms with E-state index in [1.165, 1.54) is 12.1 Å². The van der Waals surface area contributed by atoms with Gasteiger partial charge in [0.1, 0.15) is 17.2 Å². The van der Waals surface area contributed by atoms with Crippen molar-refractivity contribution >= 4 is 17.3 Å². The molecule has 0 aliphatic carbocycles. The van der Waals surface area contributed by atoms with Gasteiger partial charge in [0.25, 0.3) is 5.69 Å². The molecule has 0 amide bonds. The highest BCUT2D eigenvalue weighted by Gasteiger charge is 2.39. The SMILES string of the molecule is CC1OCCC1(O)CNc1cc([N+](=O)[O-])cc(NN)n1. The Labute approximate surface area is 115 Å². The van der Waals surface area contributed by atoms with Crippen molar-refractivity contribution in [1.29, 1.82) is 0 Å². The van der Waals surface area contributed by atoms with E-state index in [1.54, 1.807) is 6.92 Å². The summed E-state index contributed by atoms with van der Waals surface area (Å²) in [6.07, 6.45) is 0.193. The number of rotatable bonds is 5. The largest absolute Gasteiger partial charge is 0.385 e. The Kier molecular flexibility index (Phi) is 4.02. The Balaban J connectivity index is 2.13. The highest BCUT2D eigenvalue weighted by atomic mass is 16.6. The minimum Gasteiger partial charge on any atom is -0.385 e. The fourth-order valence-corrected chi connectivity index (χ4v) is 2.03. The van der Waals surface area contributed by atoms with Gasteiger partial charge in [-0.15, -0.1) is 0 Å². The smallest absolute Gasteiger partial charge is 0.276 e. The Morgan fingerprint density at radius 1 is 1.65 bits per heavy atom. The lowest BCUT2D eigenvalue weighted by Crippen LogP contribution is -2.43. The van der Waals surface area contributed by atoms with Crippen LogP contribution >= 0.6 is 0 Å². The Hall–Kier alpha value is -1.97. The first kappa shape index (κ1) is 14.4. The van der Waals surface area contributed by atoms with Crippen molar-refractivity contribution in [1.82, 2.24) is 4.98 Å². The summed E-state index contributed by atoms with van der Waals surface area (Å²) >= 11 is 0. The molecular weight excluding hydrogens is 266 g/mol. The van der Waals surface area contributed by atoms with Crippen molar-refractivity contribution in [2.24, 2.45) is 5.84 Å². The summed E-state index contributed by atoms with van der Waals surface area (Å²) in [6.45, 7) is 2.45. The molecule has 1 fully saturated rings. The number of aliphatic hydroxyl groups is 1. The molecule has 2 rings (SSSR count). The Bertz CT molecular complexity index is 512. The highest BCUT2D eigenvalue weighted by molar-refractivity contribution is 5.54. The molecular formula is C11H17N5O4. The molecule has 9 heteroatoms. The standard InChI is InChI=1S/C11H17N5O4/c1-7-11(17,2-3-20-7)6-13-9-4-8(16(18)19)5-10(14-9)15-12/h4-5,7,17H,2-3,6,12H2,1H3,(H2,13,14,15). The van der Waals surface area contributed by atoms with E-state index in [-0.39, 0.29) is 30.0 Å². The lowest BCUT2D eigenvalue weighted by molar-refractivity contribution is -0.384. The van der Waals surface area contributed by atoms with Gasteiger partial charge in [-0.25, -0.2) is 10.8 Å². The third-order valence-corrected chi connectivity index (χ3v) is 3.40. The summed E-state index contributed by atoms with van der Waals surface area (Å²) < 4.78 is 5.31. The predicted octanol–water partition coefficient (Wildman–Crippen LogP) is 0.227. The van der Waals surface area contributed by atoms with Crippen LogP contribution in [0.25, 0.3) is 0 Å².